The molecule has 6 heteroatoms. The SMILES string of the molecule is NC(=O)c1cccc(CNc2cc(F)c(Br)cc2F)c1. The number of hydrogen-bond donors (Lipinski definition) is 2. The molecule has 0 atom stereocenters. The first-order valence-electron chi connectivity index (χ1n) is 5.74. The molecule has 0 saturated heterocycles. The van der Waals surface area contributed by atoms with Crippen LogP contribution in [0.25, 0.3) is 0 Å². The first-order chi connectivity index (χ1) is 9.47. The number of benzene rings is 2. The number of hydrogen-bond acceptors (Lipinski definition) is 2. The van der Waals surface area contributed by atoms with Gasteiger partial charge < -0.3 is 11.1 Å². The quantitative estimate of drug-likeness (QED) is 0.837. The summed E-state index contributed by atoms with van der Waals surface area (Å²) in [6.07, 6.45) is 0. The molecule has 0 radical (unpaired) electrons. The number of anilines is 1. The van der Waals surface area contributed by atoms with Gasteiger partial charge in [-0.2, -0.15) is 0 Å². The molecule has 0 saturated carbocycles. The van der Waals surface area contributed by atoms with Gasteiger partial charge in [0.1, 0.15) is 11.6 Å². The first-order valence-corrected chi connectivity index (χ1v) is 6.54. The zero-order valence-corrected chi connectivity index (χ0v) is 11.9. The van der Waals surface area contributed by atoms with Gasteiger partial charge in [-0.25, -0.2) is 8.78 Å². The Bertz CT molecular complexity index is 662. The van der Waals surface area contributed by atoms with Gasteiger partial charge in [0.05, 0.1) is 10.2 Å². The van der Waals surface area contributed by atoms with Crippen molar-refractivity contribution in [3.8, 4) is 0 Å². The van der Waals surface area contributed by atoms with Crippen molar-refractivity contribution in [2.75, 3.05) is 5.32 Å². The lowest BCUT2D eigenvalue weighted by atomic mass is 10.1. The van der Waals surface area contributed by atoms with E-state index in [1.165, 1.54) is 0 Å². The zero-order valence-electron chi connectivity index (χ0n) is 10.3. The van der Waals surface area contributed by atoms with Gasteiger partial charge in [0.15, 0.2) is 0 Å². The van der Waals surface area contributed by atoms with Crippen LogP contribution < -0.4 is 11.1 Å². The molecule has 0 bridgehead atoms. The minimum absolute atomic E-state index is 0.0511. The highest BCUT2D eigenvalue weighted by Crippen LogP contribution is 2.23. The summed E-state index contributed by atoms with van der Waals surface area (Å²) in [5.74, 6) is -1.66. The molecule has 2 rings (SSSR count). The lowest BCUT2D eigenvalue weighted by molar-refractivity contribution is 0.1000. The molecule has 0 unspecified atom stereocenters. The predicted molar refractivity (Wildman–Crippen MR) is 76.3 cm³/mol. The van der Waals surface area contributed by atoms with Crippen molar-refractivity contribution in [2.45, 2.75) is 6.54 Å². The van der Waals surface area contributed by atoms with Gasteiger partial charge in [-0.1, -0.05) is 12.1 Å². The molecule has 0 aliphatic heterocycles. The first kappa shape index (κ1) is 14.5. The van der Waals surface area contributed by atoms with Crippen LogP contribution in [0.1, 0.15) is 15.9 Å². The van der Waals surface area contributed by atoms with Crippen molar-refractivity contribution in [1.29, 1.82) is 0 Å². The van der Waals surface area contributed by atoms with Crippen LogP contribution in [0.5, 0.6) is 0 Å². The molecule has 0 fully saturated rings. The third-order valence-electron chi connectivity index (χ3n) is 2.70. The molecule has 0 aliphatic carbocycles. The monoisotopic (exact) mass is 340 g/mol. The smallest absolute Gasteiger partial charge is 0.248 e. The van der Waals surface area contributed by atoms with Crippen molar-refractivity contribution in [2.24, 2.45) is 5.73 Å². The molecular formula is C14H11BrF2N2O. The molecule has 1 amide bonds. The highest BCUT2D eigenvalue weighted by atomic mass is 79.9. The lowest BCUT2D eigenvalue weighted by Gasteiger charge is -2.09. The summed E-state index contributed by atoms with van der Waals surface area (Å²) in [5, 5.41) is 2.78. The van der Waals surface area contributed by atoms with Gasteiger partial charge in [0.25, 0.3) is 0 Å². The number of primary amides is 1. The predicted octanol–water partition coefficient (Wildman–Crippen LogP) is 3.44. The fraction of sp³-hybridized carbons (Fsp3) is 0.0714. The normalized spacial score (nSPS) is 10.3. The van der Waals surface area contributed by atoms with Crippen molar-refractivity contribution >= 4 is 27.5 Å². The molecule has 0 aliphatic rings. The van der Waals surface area contributed by atoms with E-state index in [2.05, 4.69) is 21.2 Å². The molecule has 20 heavy (non-hydrogen) atoms. The fourth-order valence-electron chi connectivity index (χ4n) is 1.69. The third-order valence-corrected chi connectivity index (χ3v) is 3.31. The van der Waals surface area contributed by atoms with Crippen LogP contribution in [-0.4, -0.2) is 5.91 Å². The molecule has 0 aromatic heterocycles. The summed E-state index contributed by atoms with van der Waals surface area (Å²) in [7, 11) is 0. The fourth-order valence-corrected chi connectivity index (χ4v) is 2.01. The van der Waals surface area contributed by atoms with E-state index in [1.54, 1.807) is 24.3 Å². The second kappa shape index (κ2) is 6.00. The molecule has 0 heterocycles. The Morgan fingerprint density at radius 1 is 1.20 bits per heavy atom. The van der Waals surface area contributed by atoms with Crippen molar-refractivity contribution in [3.63, 3.8) is 0 Å². The van der Waals surface area contributed by atoms with Crippen LogP contribution in [-0.2, 0) is 6.54 Å². The summed E-state index contributed by atoms with van der Waals surface area (Å²) in [6.45, 7) is 0.249. The molecule has 0 spiro atoms. The summed E-state index contributed by atoms with van der Waals surface area (Å²) in [5.41, 5.74) is 6.33. The number of rotatable bonds is 4. The third kappa shape index (κ3) is 3.33. The van der Waals surface area contributed by atoms with E-state index < -0.39 is 17.5 Å². The van der Waals surface area contributed by atoms with Gasteiger partial charge in [-0.3, -0.25) is 4.79 Å². The lowest BCUT2D eigenvalue weighted by Crippen LogP contribution is -2.11. The average Bonchev–Trinajstić information content (AvgIpc) is 2.41. The second-order valence-corrected chi connectivity index (χ2v) is 5.02. The molecule has 3 nitrogen and oxygen atoms in total. The largest absolute Gasteiger partial charge is 0.379 e. The number of nitrogens with one attached hydrogen (secondary N) is 1. The summed E-state index contributed by atoms with van der Waals surface area (Å²) >= 11 is 2.91. The topological polar surface area (TPSA) is 55.1 Å². The summed E-state index contributed by atoms with van der Waals surface area (Å²) in [6, 6.07) is 8.74. The average molecular weight is 341 g/mol. The number of carbonyl (C=O) groups is 1. The van der Waals surface area contributed by atoms with E-state index in [0.29, 0.717) is 5.56 Å². The van der Waals surface area contributed by atoms with Gasteiger partial charge in [0, 0.05) is 18.2 Å². The Balaban J connectivity index is 2.15. The maximum absolute atomic E-state index is 13.6. The highest BCUT2D eigenvalue weighted by Gasteiger charge is 2.08. The Morgan fingerprint density at radius 2 is 1.95 bits per heavy atom. The summed E-state index contributed by atoms with van der Waals surface area (Å²) < 4.78 is 27.0. The van der Waals surface area contributed by atoms with Gasteiger partial charge in [0.2, 0.25) is 5.91 Å². The van der Waals surface area contributed by atoms with Crippen LogP contribution >= 0.6 is 15.9 Å². The minimum Gasteiger partial charge on any atom is -0.379 e. The van der Waals surface area contributed by atoms with Crippen molar-refractivity contribution in [3.05, 3.63) is 63.6 Å². The Kier molecular flexibility index (Phi) is 4.34. The van der Waals surface area contributed by atoms with E-state index >= 15 is 0 Å². The molecule has 2 aromatic carbocycles. The van der Waals surface area contributed by atoms with Crippen LogP contribution in [0, 0.1) is 11.6 Å². The van der Waals surface area contributed by atoms with Crippen molar-refractivity contribution in [1.82, 2.24) is 0 Å². The molecule has 104 valence electrons. The van der Waals surface area contributed by atoms with E-state index in [0.717, 1.165) is 17.7 Å². The number of halogens is 3. The van der Waals surface area contributed by atoms with E-state index in [1.807, 2.05) is 0 Å². The second-order valence-electron chi connectivity index (χ2n) is 4.16. The van der Waals surface area contributed by atoms with Crippen LogP contribution in [0.2, 0.25) is 0 Å². The minimum atomic E-state index is -0.565. The molecule has 3 N–H and O–H groups in total. The maximum atomic E-state index is 13.6. The standard InChI is InChI=1S/C14H11BrF2N2O/c15-10-5-12(17)13(6-11(10)16)19-7-8-2-1-3-9(4-8)14(18)20/h1-6,19H,7H2,(H2,18,20). The van der Waals surface area contributed by atoms with E-state index in [9.17, 15) is 13.6 Å². The van der Waals surface area contributed by atoms with E-state index in [4.69, 9.17) is 5.73 Å². The van der Waals surface area contributed by atoms with Gasteiger partial charge in [-0.05, 0) is 39.7 Å². The Labute approximate surface area is 122 Å². The van der Waals surface area contributed by atoms with E-state index in [-0.39, 0.29) is 16.7 Å². The number of carbonyl (C=O) groups excluding carboxylic acids is 1. The summed E-state index contributed by atoms with van der Waals surface area (Å²) in [4.78, 5) is 11.1. The highest BCUT2D eigenvalue weighted by molar-refractivity contribution is 9.10. The molecular weight excluding hydrogens is 330 g/mol. The van der Waals surface area contributed by atoms with Crippen LogP contribution in [0.15, 0.2) is 40.9 Å². The van der Waals surface area contributed by atoms with Crippen LogP contribution in [0.3, 0.4) is 0 Å². The Hall–Kier alpha value is -1.95. The van der Waals surface area contributed by atoms with Crippen molar-refractivity contribution < 1.29 is 13.6 Å². The maximum Gasteiger partial charge on any atom is 0.248 e. The van der Waals surface area contributed by atoms with Gasteiger partial charge in [-0.15, -0.1) is 0 Å². The van der Waals surface area contributed by atoms with Crippen LogP contribution in [0.4, 0.5) is 14.5 Å². The molecule has 2 aromatic rings. The number of nitrogens with two attached hydrogens (primary N) is 1. The zero-order chi connectivity index (χ0) is 14.7. The number of amides is 1. The Morgan fingerprint density at radius 3 is 2.65 bits per heavy atom. The van der Waals surface area contributed by atoms with Gasteiger partial charge >= 0.3 is 0 Å².